The fourth-order valence-electron chi connectivity index (χ4n) is 3.33. The molecule has 1 saturated heterocycles. The maximum absolute atomic E-state index is 12.7. The third kappa shape index (κ3) is 6.12. The van der Waals surface area contributed by atoms with Gasteiger partial charge in [0, 0.05) is 45.5 Å². The van der Waals surface area contributed by atoms with Crippen molar-refractivity contribution in [3.8, 4) is 5.75 Å². The van der Waals surface area contributed by atoms with Crippen LogP contribution in [0.5, 0.6) is 5.75 Å². The molecule has 3 rings (SSSR count). The molecule has 2 heterocycles. The Kier molecular flexibility index (Phi) is 7.37. The molecule has 0 aliphatic carbocycles. The molecule has 0 bridgehead atoms. The zero-order valence-electron chi connectivity index (χ0n) is 17.4. The summed E-state index contributed by atoms with van der Waals surface area (Å²) in [6, 6.07) is 8.95. The minimum absolute atomic E-state index is 0.0668. The van der Waals surface area contributed by atoms with Crippen LogP contribution in [0.2, 0.25) is 0 Å². The van der Waals surface area contributed by atoms with E-state index in [1.807, 2.05) is 24.3 Å². The molecule has 1 unspecified atom stereocenters. The van der Waals surface area contributed by atoms with Crippen LogP contribution in [0.3, 0.4) is 0 Å². The van der Waals surface area contributed by atoms with Gasteiger partial charge in [-0.15, -0.1) is 0 Å². The van der Waals surface area contributed by atoms with Gasteiger partial charge in [-0.2, -0.15) is 13.2 Å². The van der Waals surface area contributed by atoms with Gasteiger partial charge < -0.3 is 25.6 Å². The van der Waals surface area contributed by atoms with Gasteiger partial charge in [-0.05, 0) is 24.6 Å². The Bertz CT molecular complexity index is 891. The van der Waals surface area contributed by atoms with E-state index in [0.29, 0.717) is 19.0 Å². The monoisotopic (exact) mass is 437 g/mol. The minimum atomic E-state index is -4.50. The van der Waals surface area contributed by atoms with Crippen molar-refractivity contribution >= 4 is 17.6 Å². The Labute approximate surface area is 178 Å². The van der Waals surface area contributed by atoms with Crippen LogP contribution in [0.4, 0.5) is 24.8 Å². The second-order valence-electron chi connectivity index (χ2n) is 6.94. The summed E-state index contributed by atoms with van der Waals surface area (Å²) >= 11 is 0. The second kappa shape index (κ2) is 10.2. The highest BCUT2D eigenvalue weighted by Gasteiger charge is 2.32. The molecule has 1 fully saturated rings. The van der Waals surface area contributed by atoms with Crippen molar-refractivity contribution in [3.05, 3.63) is 42.2 Å². The summed E-state index contributed by atoms with van der Waals surface area (Å²) in [6.07, 6.45) is -2.47. The summed E-state index contributed by atoms with van der Waals surface area (Å²) in [6.45, 7) is 2.46. The molecule has 1 aliphatic heterocycles. The lowest BCUT2D eigenvalue weighted by Gasteiger charge is -2.22. The Morgan fingerprint density at radius 1 is 1.26 bits per heavy atom. The van der Waals surface area contributed by atoms with E-state index >= 15 is 0 Å². The lowest BCUT2D eigenvalue weighted by molar-refractivity contribution is -0.141. The fraction of sp³-hybridized carbons (Fsp3) is 0.450. The molecule has 1 aromatic heterocycles. The van der Waals surface area contributed by atoms with Crippen molar-refractivity contribution in [1.29, 1.82) is 0 Å². The van der Waals surface area contributed by atoms with E-state index in [2.05, 4.69) is 35.8 Å². The predicted molar refractivity (Wildman–Crippen MR) is 114 cm³/mol. The lowest BCUT2D eigenvalue weighted by atomic mass is 10.2. The van der Waals surface area contributed by atoms with Gasteiger partial charge in [0.15, 0.2) is 5.96 Å². The van der Waals surface area contributed by atoms with Crippen LogP contribution < -0.4 is 25.6 Å². The van der Waals surface area contributed by atoms with Crippen molar-refractivity contribution in [2.24, 2.45) is 4.99 Å². The first-order valence-electron chi connectivity index (χ1n) is 9.90. The van der Waals surface area contributed by atoms with E-state index < -0.39 is 11.9 Å². The molecule has 31 heavy (non-hydrogen) atoms. The number of nitrogens with zero attached hydrogens (tertiary/aromatic N) is 4. The minimum Gasteiger partial charge on any atom is -0.495 e. The molecule has 0 spiro atoms. The first kappa shape index (κ1) is 22.4. The number of rotatable bonds is 7. The first-order valence-corrected chi connectivity index (χ1v) is 9.90. The summed E-state index contributed by atoms with van der Waals surface area (Å²) in [7, 11) is 3.33. The van der Waals surface area contributed by atoms with Crippen molar-refractivity contribution in [2.75, 3.05) is 50.6 Å². The lowest BCUT2D eigenvalue weighted by Crippen LogP contribution is -2.45. The van der Waals surface area contributed by atoms with Crippen molar-refractivity contribution < 1.29 is 17.9 Å². The molecule has 0 amide bonds. The van der Waals surface area contributed by atoms with E-state index in [0.717, 1.165) is 43.2 Å². The SMILES string of the molecule is CN=C(NCCNc1nccc(C(F)(F)F)n1)NC1CCN(c2ccccc2OC)C1. The number of hydrogen-bond acceptors (Lipinski definition) is 6. The molecule has 2 aromatic rings. The second-order valence-corrected chi connectivity index (χ2v) is 6.94. The maximum atomic E-state index is 12.7. The largest absolute Gasteiger partial charge is 0.495 e. The number of nitrogens with one attached hydrogen (secondary N) is 3. The van der Waals surface area contributed by atoms with Gasteiger partial charge in [0.25, 0.3) is 0 Å². The molecule has 3 N–H and O–H groups in total. The summed E-state index contributed by atoms with van der Waals surface area (Å²) in [4.78, 5) is 13.8. The van der Waals surface area contributed by atoms with Crippen LogP contribution in [0, 0.1) is 0 Å². The van der Waals surface area contributed by atoms with E-state index in [-0.39, 0.29) is 12.0 Å². The molecule has 1 aromatic carbocycles. The van der Waals surface area contributed by atoms with E-state index in [1.54, 1.807) is 14.2 Å². The molecular formula is C20H26F3N7O. The van der Waals surface area contributed by atoms with Crippen LogP contribution >= 0.6 is 0 Å². The molecular weight excluding hydrogens is 411 g/mol. The van der Waals surface area contributed by atoms with Crippen molar-refractivity contribution in [2.45, 2.75) is 18.6 Å². The Morgan fingerprint density at radius 2 is 2.06 bits per heavy atom. The molecule has 11 heteroatoms. The summed E-state index contributed by atoms with van der Waals surface area (Å²) in [5.74, 6) is 1.40. The third-order valence-corrected chi connectivity index (χ3v) is 4.83. The van der Waals surface area contributed by atoms with Crippen LogP contribution in [0.25, 0.3) is 0 Å². The average molecular weight is 437 g/mol. The normalized spacial score (nSPS) is 16.9. The van der Waals surface area contributed by atoms with Gasteiger partial charge in [-0.25, -0.2) is 9.97 Å². The zero-order chi connectivity index (χ0) is 22.3. The molecule has 168 valence electrons. The van der Waals surface area contributed by atoms with Gasteiger partial charge >= 0.3 is 6.18 Å². The maximum Gasteiger partial charge on any atom is 0.433 e. The Hall–Kier alpha value is -3.24. The fourth-order valence-corrected chi connectivity index (χ4v) is 3.33. The van der Waals surface area contributed by atoms with E-state index in [9.17, 15) is 13.2 Å². The number of anilines is 2. The number of aromatic nitrogens is 2. The van der Waals surface area contributed by atoms with Crippen molar-refractivity contribution in [1.82, 2.24) is 20.6 Å². The summed E-state index contributed by atoms with van der Waals surface area (Å²) < 4.78 is 43.6. The number of halogens is 3. The summed E-state index contributed by atoms with van der Waals surface area (Å²) in [5.41, 5.74) is 0.0822. The van der Waals surface area contributed by atoms with Gasteiger partial charge in [0.05, 0.1) is 12.8 Å². The van der Waals surface area contributed by atoms with E-state index in [1.165, 1.54) is 0 Å². The highest BCUT2D eigenvalue weighted by molar-refractivity contribution is 5.80. The van der Waals surface area contributed by atoms with Crippen molar-refractivity contribution in [3.63, 3.8) is 0 Å². The first-order chi connectivity index (χ1) is 14.9. The van der Waals surface area contributed by atoms with Gasteiger partial charge in [-0.3, -0.25) is 4.99 Å². The Balaban J connectivity index is 1.44. The van der Waals surface area contributed by atoms with Crippen LogP contribution in [-0.4, -0.2) is 62.3 Å². The molecule has 0 saturated carbocycles. The highest BCUT2D eigenvalue weighted by atomic mass is 19.4. The molecule has 1 aliphatic rings. The number of guanidine groups is 1. The summed E-state index contributed by atoms with van der Waals surface area (Å²) in [5, 5.41) is 9.30. The number of methoxy groups -OCH3 is 1. The van der Waals surface area contributed by atoms with Gasteiger partial charge in [-0.1, -0.05) is 12.1 Å². The Morgan fingerprint density at radius 3 is 2.81 bits per heavy atom. The average Bonchev–Trinajstić information content (AvgIpc) is 3.23. The van der Waals surface area contributed by atoms with Crippen LogP contribution in [0.1, 0.15) is 12.1 Å². The number of ether oxygens (including phenoxy) is 1. The smallest absolute Gasteiger partial charge is 0.433 e. The van der Waals surface area contributed by atoms with Gasteiger partial charge in [0.2, 0.25) is 5.95 Å². The third-order valence-electron chi connectivity index (χ3n) is 4.83. The quantitative estimate of drug-likeness (QED) is 0.348. The van der Waals surface area contributed by atoms with Gasteiger partial charge in [0.1, 0.15) is 11.4 Å². The number of benzene rings is 1. The van der Waals surface area contributed by atoms with E-state index in [4.69, 9.17) is 4.74 Å². The molecule has 1 atom stereocenters. The topological polar surface area (TPSA) is 86.7 Å². The van der Waals surface area contributed by atoms with Crippen LogP contribution in [-0.2, 0) is 6.18 Å². The number of aliphatic imine (C=N–C) groups is 1. The van der Waals surface area contributed by atoms with Crippen LogP contribution in [0.15, 0.2) is 41.5 Å². The number of para-hydroxylation sites is 2. The number of alkyl halides is 3. The standard InChI is InChI=1S/C20H26F3N7O/c1-24-18(26-10-11-27-19-25-9-7-17(29-19)20(21,22)23)28-14-8-12-30(13-14)15-5-3-4-6-16(15)31-2/h3-7,9,14H,8,10-13H2,1-2H3,(H2,24,26,28)(H,25,27,29). The zero-order valence-corrected chi connectivity index (χ0v) is 17.4. The number of hydrogen-bond donors (Lipinski definition) is 3. The predicted octanol–water partition coefficient (Wildman–Crippen LogP) is 2.36. The molecule has 8 nitrogen and oxygen atoms in total. The molecule has 0 radical (unpaired) electrons. The highest BCUT2D eigenvalue weighted by Crippen LogP contribution is 2.30.